The van der Waals surface area contributed by atoms with E-state index >= 15 is 0 Å². The number of benzene rings is 1. The van der Waals surface area contributed by atoms with Crippen molar-refractivity contribution in [2.24, 2.45) is 0 Å². The van der Waals surface area contributed by atoms with Gasteiger partial charge in [-0.3, -0.25) is 5.32 Å². The zero-order valence-corrected chi connectivity index (χ0v) is 14.9. The molecule has 0 aliphatic carbocycles. The van der Waals surface area contributed by atoms with Crippen molar-refractivity contribution in [1.82, 2.24) is 0 Å². The highest BCUT2D eigenvalue weighted by molar-refractivity contribution is 5.88. The Hall–Kier alpha value is -1.91. The molecule has 0 heterocycles. The summed E-state index contributed by atoms with van der Waals surface area (Å²) in [6, 6.07) is 3.44. The van der Waals surface area contributed by atoms with Crippen molar-refractivity contribution < 1.29 is 19.4 Å². The second-order valence-corrected chi connectivity index (χ2v) is 6.70. The molecule has 1 rings (SSSR count). The van der Waals surface area contributed by atoms with Crippen molar-refractivity contribution in [2.75, 3.05) is 11.9 Å². The molecule has 2 N–H and O–H groups in total. The summed E-state index contributed by atoms with van der Waals surface area (Å²) in [6.45, 7) is 9.93. The van der Waals surface area contributed by atoms with Gasteiger partial charge < -0.3 is 14.6 Å². The zero-order valence-electron chi connectivity index (χ0n) is 14.9. The monoisotopic (exact) mass is 323 g/mol. The van der Waals surface area contributed by atoms with Gasteiger partial charge in [-0.2, -0.15) is 0 Å². The summed E-state index contributed by atoms with van der Waals surface area (Å²) in [4.78, 5) is 11.8. The molecule has 0 saturated carbocycles. The Morgan fingerprint density at radius 2 is 1.91 bits per heavy atom. The number of rotatable bonds is 7. The number of hydrogen-bond acceptors (Lipinski definition) is 4. The third-order valence-electron chi connectivity index (χ3n) is 3.11. The quantitative estimate of drug-likeness (QED) is 0.547. The summed E-state index contributed by atoms with van der Waals surface area (Å²) >= 11 is 0. The van der Waals surface area contributed by atoms with E-state index in [-0.39, 0.29) is 5.75 Å². The number of carbonyl (C=O) groups is 1. The molecular weight excluding hydrogens is 294 g/mol. The molecule has 0 spiro atoms. The second-order valence-electron chi connectivity index (χ2n) is 6.70. The molecule has 0 saturated heterocycles. The summed E-state index contributed by atoms with van der Waals surface area (Å²) in [7, 11) is 0. The predicted octanol–water partition coefficient (Wildman–Crippen LogP) is 5.01. The lowest BCUT2D eigenvalue weighted by molar-refractivity contribution is 0.0635. The standard InChI is InChI=1S/C18H29NO4/c1-6-7-8-9-10-22-15-12-13(2)11-14(16(15)20)19-17(21)23-18(3,4)5/h11-12,20H,6-10H2,1-5H3,(H,19,21). The summed E-state index contributed by atoms with van der Waals surface area (Å²) in [5, 5.41) is 12.8. The van der Waals surface area contributed by atoms with E-state index in [1.165, 1.54) is 12.8 Å². The molecule has 0 unspecified atom stereocenters. The van der Waals surface area contributed by atoms with Crippen LogP contribution < -0.4 is 10.1 Å². The number of phenolic OH excluding ortho intramolecular Hbond substituents is 1. The maximum absolute atomic E-state index is 11.8. The lowest BCUT2D eigenvalue weighted by Gasteiger charge is -2.20. The van der Waals surface area contributed by atoms with Gasteiger partial charge in [-0.1, -0.05) is 26.2 Å². The van der Waals surface area contributed by atoms with Gasteiger partial charge in [0.2, 0.25) is 0 Å². The van der Waals surface area contributed by atoms with E-state index in [0.717, 1.165) is 18.4 Å². The number of carbonyl (C=O) groups excluding carboxylic acids is 1. The molecule has 5 heteroatoms. The van der Waals surface area contributed by atoms with E-state index in [4.69, 9.17) is 9.47 Å². The third kappa shape index (κ3) is 7.26. The van der Waals surface area contributed by atoms with Crippen molar-refractivity contribution in [2.45, 2.75) is 65.9 Å². The van der Waals surface area contributed by atoms with Crippen molar-refractivity contribution >= 4 is 11.8 Å². The minimum Gasteiger partial charge on any atom is -0.503 e. The number of amides is 1. The highest BCUT2D eigenvalue weighted by Crippen LogP contribution is 2.36. The van der Waals surface area contributed by atoms with Crippen LogP contribution in [0.1, 0.15) is 58.9 Å². The number of ether oxygens (including phenoxy) is 2. The highest BCUT2D eigenvalue weighted by atomic mass is 16.6. The topological polar surface area (TPSA) is 67.8 Å². The van der Waals surface area contributed by atoms with Crippen molar-refractivity contribution in [3.63, 3.8) is 0 Å². The first-order chi connectivity index (χ1) is 10.7. The Labute approximate surface area is 139 Å². The Bertz CT molecular complexity index is 520. The highest BCUT2D eigenvalue weighted by Gasteiger charge is 2.18. The molecular formula is C18H29NO4. The molecule has 0 aliphatic rings. The number of phenols is 1. The minimum atomic E-state index is -0.604. The molecule has 23 heavy (non-hydrogen) atoms. The average molecular weight is 323 g/mol. The first-order valence-corrected chi connectivity index (χ1v) is 8.19. The first kappa shape index (κ1) is 19.1. The second kappa shape index (κ2) is 8.65. The number of unbranched alkanes of at least 4 members (excludes halogenated alkanes) is 3. The van der Waals surface area contributed by atoms with Crippen LogP contribution in [0.25, 0.3) is 0 Å². The summed E-state index contributed by atoms with van der Waals surface area (Å²) in [5.74, 6) is 0.310. The minimum absolute atomic E-state index is 0.0723. The zero-order chi connectivity index (χ0) is 17.5. The third-order valence-corrected chi connectivity index (χ3v) is 3.11. The largest absolute Gasteiger partial charge is 0.503 e. The van der Waals surface area contributed by atoms with E-state index in [2.05, 4.69) is 12.2 Å². The van der Waals surface area contributed by atoms with Crippen LogP contribution in [0.5, 0.6) is 11.5 Å². The number of nitrogens with one attached hydrogen (secondary N) is 1. The first-order valence-electron chi connectivity index (χ1n) is 8.19. The molecule has 1 aromatic carbocycles. The van der Waals surface area contributed by atoms with Crippen LogP contribution >= 0.6 is 0 Å². The molecule has 0 aromatic heterocycles. The molecule has 1 amide bonds. The van der Waals surface area contributed by atoms with Gasteiger partial charge in [-0.05, 0) is 51.8 Å². The van der Waals surface area contributed by atoms with Crippen LogP contribution in [0.2, 0.25) is 0 Å². The molecule has 5 nitrogen and oxygen atoms in total. The number of aromatic hydroxyl groups is 1. The molecule has 1 aromatic rings. The van der Waals surface area contributed by atoms with E-state index in [9.17, 15) is 9.90 Å². The smallest absolute Gasteiger partial charge is 0.412 e. The lowest BCUT2D eigenvalue weighted by atomic mass is 10.2. The SMILES string of the molecule is CCCCCCOc1cc(C)cc(NC(=O)OC(C)(C)C)c1O. The van der Waals surface area contributed by atoms with Gasteiger partial charge in [0.15, 0.2) is 11.5 Å². The van der Waals surface area contributed by atoms with Crippen molar-refractivity contribution in [3.8, 4) is 11.5 Å². The summed E-state index contributed by atoms with van der Waals surface area (Å²) in [6.07, 6.45) is 3.78. The fourth-order valence-corrected chi connectivity index (χ4v) is 2.08. The van der Waals surface area contributed by atoms with Crippen LogP contribution in [0.4, 0.5) is 10.5 Å². The van der Waals surface area contributed by atoms with Crippen LogP contribution in [0.3, 0.4) is 0 Å². The Kier molecular flexibility index (Phi) is 7.20. The molecule has 0 atom stereocenters. The number of aryl methyl sites for hydroxylation is 1. The van der Waals surface area contributed by atoms with Crippen LogP contribution in [-0.4, -0.2) is 23.4 Å². The maximum atomic E-state index is 11.8. The summed E-state index contributed by atoms with van der Waals surface area (Å²) < 4.78 is 10.8. The Morgan fingerprint density at radius 3 is 2.52 bits per heavy atom. The van der Waals surface area contributed by atoms with Gasteiger partial charge in [-0.15, -0.1) is 0 Å². The van der Waals surface area contributed by atoms with Crippen molar-refractivity contribution in [3.05, 3.63) is 17.7 Å². The van der Waals surface area contributed by atoms with Crippen LogP contribution in [0.15, 0.2) is 12.1 Å². The fourth-order valence-electron chi connectivity index (χ4n) is 2.08. The van der Waals surface area contributed by atoms with Gasteiger partial charge >= 0.3 is 6.09 Å². The van der Waals surface area contributed by atoms with Crippen LogP contribution in [0, 0.1) is 6.92 Å². The van der Waals surface area contributed by atoms with Crippen LogP contribution in [-0.2, 0) is 4.74 Å². The lowest BCUT2D eigenvalue weighted by Crippen LogP contribution is -2.27. The van der Waals surface area contributed by atoms with Gasteiger partial charge in [0.25, 0.3) is 0 Å². The van der Waals surface area contributed by atoms with Gasteiger partial charge in [0.05, 0.1) is 12.3 Å². The van der Waals surface area contributed by atoms with Crippen molar-refractivity contribution in [1.29, 1.82) is 0 Å². The Morgan fingerprint density at radius 1 is 1.22 bits per heavy atom. The van der Waals surface area contributed by atoms with Gasteiger partial charge in [-0.25, -0.2) is 4.79 Å². The van der Waals surface area contributed by atoms with E-state index in [1.807, 2.05) is 6.92 Å². The number of hydrogen-bond donors (Lipinski definition) is 2. The number of anilines is 1. The molecule has 0 aliphatic heterocycles. The van der Waals surface area contributed by atoms with E-state index in [1.54, 1.807) is 32.9 Å². The molecule has 0 fully saturated rings. The normalized spacial score (nSPS) is 11.2. The average Bonchev–Trinajstić information content (AvgIpc) is 2.41. The van der Waals surface area contributed by atoms with E-state index < -0.39 is 11.7 Å². The molecule has 130 valence electrons. The van der Waals surface area contributed by atoms with Gasteiger partial charge in [0, 0.05) is 0 Å². The molecule has 0 radical (unpaired) electrons. The Balaban J connectivity index is 2.72. The summed E-state index contributed by atoms with van der Waals surface area (Å²) in [5.41, 5.74) is 0.586. The predicted molar refractivity (Wildman–Crippen MR) is 92.3 cm³/mol. The van der Waals surface area contributed by atoms with Gasteiger partial charge in [0.1, 0.15) is 5.60 Å². The van der Waals surface area contributed by atoms with E-state index in [0.29, 0.717) is 18.0 Å². The maximum Gasteiger partial charge on any atom is 0.412 e. The molecule has 0 bridgehead atoms. The fraction of sp³-hybridized carbons (Fsp3) is 0.611.